The molecule has 1 aliphatic heterocycles. The minimum Gasteiger partial charge on any atom is -0.342 e. The molecule has 0 bridgehead atoms. The number of amides is 1. The van der Waals surface area contributed by atoms with Crippen LogP contribution >= 0.6 is 0 Å². The largest absolute Gasteiger partial charge is 0.342 e. The van der Waals surface area contributed by atoms with Crippen LogP contribution in [-0.4, -0.2) is 36.5 Å². The summed E-state index contributed by atoms with van der Waals surface area (Å²) in [5.41, 5.74) is 0. The fraction of sp³-hybridized carbons (Fsp3) is 0.917. The van der Waals surface area contributed by atoms with Crippen molar-refractivity contribution in [2.75, 3.05) is 19.6 Å². The molecular weight excluding hydrogens is 188 g/mol. The van der Waals surface area contributed by atoms with Gasteiger partial charge in [0.05, 0.1) is 0 Å². The summed E-state index contributed by atoms with van der Waals surface area (Å²) in [6.07, 6.45) is 0.642. The van der Waals surface area contributed by atoms with Crippen molar-refractivity contribution >= 4 is 5.91 Å². The summed E-state index contributed by atoms with van der Waals surface area (Å²) in [5.74, 6) is 1.75. The van der Waals surface area contributed by atoms with Gasteiger partial charge in [-0.25, -0.2) is 0 Å². The van der Waals surface area contributed by atoms with E-state index in [2.05, 4.69) is 33.0 Å². The van der Waals surface area contributed by atoms with Crippen molar-refractivity contribution in [1.82, 2.24) is 10.2 Å². The highest BCUT2D eigenvalue weighted by Gasteiger charge is 2.31. The maximum absolute atomic E-state index is 11.7. The Morgan fingerprint density at radius 1 is 1.33 bits per heavy atom. The first-order valence-corrected chi connectivity index (χ1v) is 6.02. The Hall–Kier alpha value is -0.570. The molecule has 0 aromatic heterocycles. The first-order valence-electron chi connectivity index (χ1n) is 6.02. The van der Waals surface area contributed by atoms with Crippen molar-refractivity contribution in [3.05, 3.63) is 0 Å². The number of nitrogens with zero attached hydrogens (tertiary/aromatic N) is 1. The lowest BCUT2D eigenvalue weighted by Gasteiger charge is -2.41. The van der Waals surface area contributed by atoms with Gasteiger partial charge in [0.15, 0.2) is 0 Å². The summed E-state index contributed by atoms with van der Waals surface area (Å²) in [6, 6.07) is 0.470. The maximum Gasteiger partial charge on any atom is 0.223 e. The van der Waals surface area contributed by atoms with Crippen LogP contribution in [0.25, 0.3) is 0 Å². The average Bonchev–Trinajstić information content (AvgIpc) is 1.99. The Morgan fingerprint density at radius 2 is 1.93 bits per heavy atom. The molecule has 0 saturated carbocycles. The average molecular weight is 212 g/mol. The highest BCUT2D eigenvalue weighted by Crippen LogP contribution is 2.23. The van der Waals surface area contributed by atoms with Gasteiger partial charge in [-0.2, -0.15) is 0 Å². The molecule has 0 radical (unpaired) electrons. The molecule has 15 heavy (non-hydrogen) atoms. The Labute approximate surface area is 93.2 Å². The zero-order valence-electron chi connectivity index (χ0n) is 10.4. The van der Waals surface area contributed by atoms with Crippen LogP contribution in [0.1, 0.15) is 34.1 Å². The van der Waals surface area contributed by atoms with E-state index in [0.29, 0.717) is 24.3 Å². The molecule has 0 aromatic carbocycles. The zero-order chi connectivity index (χ0) is 11.4. The topological polar surface area (TPSA) is 32.3 Å². The number of hydrogen-bond donors (Lipinski definition) is 1. The number of likely N-dealkylation sites (tertiary alicyclic amines) is 1. The fourth-order valence-electron chi connectivity index (χ4n) is 1.76. The van der Waals surface area contributed by atoms with Crippen molar-refractivity contribution in [3.63, 3.8) is 0 Å². The summed E-state index contributed by atoms with van der Waals surface area (Å²) in [7, 11) is 0. The van der Waals surface area contributed by atoms with Crippen LogP contribution in [-0.2, 0) is 4.79 Å². The summed E-state index contributed by atoms with van der Waals surface area (Å²) < 4.78 is 0. The van der Waals surface area contributed by atoms with Gasteiger partial charge in [-0.15, -0.1) is 0 Å². The van der Waals surface area contributed by atoms with Crippen molar-refractivity contribution < 1.29 is 4.79 Å². The second-order valence-electron chi connectivity index (χ2n) is 5.16. The van der Waals surface area contributed by atoms with Gasteiger partial charge in [0, 0.05) is 32.1 Å². The Kier molecular flexibility index (Phi) is 4.58. The van der Waals surface area contributed by atoms with Gasteiger partial charge in [0.25, 0.3) is 0 Å². The van der Waals surface area contributed by atoms with Crippen molar-refractivity contribution in [3.8, 4) is 0 Å². The second-order valence-corrected chi connectivity index (χ2v) is 5.16. The van der Waals surface area contributed by atoms with E-state index in [1.165, 1.54) is 0 Å². The predicted octanol–water partition coefficient (Wildman–Crippen LogP) is 1.49. The van der Waals surface area contributed by atoms with E-state index in [9.17, 15) is 4.79 Å². The number of carbonyl (C=O) groups excluding carboxylic acids is 1. The molecule has 1 amide bonds. The van der Waals surface area contributed by atoms with Crippen LogP contribution < -0.4 is 5.32 Å². The maximum atomic E-state index is 11.7. The van der Waals surface area contributed by atoms with E-state index < -0.39 is 0 Å². The van der Waals surface area contributed by atoms with Gasteiger partial charge >= 0.3 is 0 Å². The van der Waals surface area contributed by atoms with Gasteiger partial charge < -0.3 is 10.2 Å². The molecule has 3 heteroatoms. The van der Waals surface area contributed by atoms with E-state index in [1.807, 2.05) is 4.90 Å². The lowest BCUT2D eigenvalue weighted by atomic mass is 9.88. The first-order chi connectivity index (χ1) is 7.00. The summed E-state index contributed by atoms with van der Waals surface area (Å²) in [4.78, 5) is 13.6. The molecule has 1 aliphatic rings. The third-order valence-corrected chi connectivity index (χ3v) is 3.10. The normalized spacial score (nSPS) is 17.3. The van der Waals surface area contributed by atoms with Gasteiger partial charge in [0.2, 0.25) is 5.91 Å². The van der Waals surface area contributed by atoms with Gasteiger partial charge in [-0.3, -0.25) is 4.79 Å². The van der Waals surface area contributed by atoms with E-state index in [0.717, 1.165) is 25.6 Å². The minimum absolute atomic E-state index is 0.306. The van der Waals surface area contributed by atoms with Crippen LogP contribution in [0.5, 0.6) is 0 Å². The minimum atomic E-state index is 0.306. The van der Waals surface area contributed by atoms with Gasteiger partial charge in [-0.1, -0.05) is 27.7 Å². The zero-order valence-corrected chi connectivity index (χ0v) is 10.4. The van der Waals surface area contributed by atoms with Crippen molar-refractivity contribution in [2.45, 2.75) is 40.2 Å². The summed E-state index contributed by atoms with van der Waals surface area (Å²) >= 11 is 0. The fourth-order valence-corrected chi connectivity index (χ4v) is 1.76. The molecule has 88 valence electrons. The number of hydrogen-bond acceptors (Lipinski definition) is 2. The lowest BCUT2D eigenvalue weighted by Crippen LogP contribution is -2.52. The SMILES string of the molecule is CC(C)NCCC(=O)N1CC(C(C)C)C1. The van der Waals surface area contributed by atoms with E-state index in [1.54, 1.807) is 0 Å². The molecule has 0 atom stereocenters. The van der Waals surface area contributed by atoms with Crippen molar-refractivity contribution in [1.29, 1.82) is 0 Å². The third kappa shape index (κ3) is 3.82. The second kappa shape index (κ2) is 5.50. The van der Waals surface area contributed by atoms with E-state index >= 15 is 0 Å². The van der Waals surface area contributed by atoms with Gasteiger partial charge in [-0.05, 0) is 11.8 Å². The Bertz CT molecular complexity index is 208. The standard InChI is InChI=1S/C12H24N2O/c1-9(2)11-7-14(8-11)12(15)5-6-13-10(3)4/h9-11,13H,5-8H2,1-4H3. The van der Waals surface area contributed by atoms with Gasteiger partial charge in [0.1, 0.15) is 0 Å². The van der Waals surface area contributed by atoms with E-state index in [-0.39, 0.29) is 0 Å². The molecule has 0 aliphatic carbocycles. The molecule has 1 fully saturated rings. The third-order valence-electron chi connectivity index (χ3n) is 3.10. The van der Waals surface area contributed by atoms with Crippen LogP contribution in [0.4, 0.5) is 0 Å². The Balaban J connectivity index is 2.10. The molecule has 0 aromatic rings. The highest BCUT2D eigenvalue weighted by molar-refractivity contribution is 5.77. The first kappa shape index (κ1) is 12.5. The van der Waals surface area contributed by atoms with Crippen LogP contribution in [0.3, 0.4) is 0 Å². The van der Waals surface area contributed by atoms with Crippen molar-refractivity contribution in [2.24, 2.45) is 11.8 Å². The van der Waals surface area contributed by atoms with E-state index in [4.69, 9.17) is 0 Å². The lowest BCUT2D eigenvalue weighted by molar-refractivity contribution is -0.138. The molecule has 1 rings (SSSR count). The van der Waals surface area contributed by atoms with Crippen LogP contribution in [0.2, 0.25) is 0 Å². The highest BCUT2D eigenvalue weighted by atomic mass is 16.2. The molecular formula is C12H24N2O. The van der Waals surface area contributed by atoms with Crippen LogP contribution in [0, 0.1) is 11.8 Å². The number of nitrogens with one attached hydrogen (secondary N) is 1. The monoisotopic (exact) mass is 212 g/mol. The number of carbonyl (C=O) groups is 1. The molecule has 1 saturated heterocycles. The summed E-state index contributed by atoms with van der Waals surface area (Å²) in [5, 5.41) is 3.27. The quantitative estimate of drug-likeness (QED) is 0.749. The predicted molar refractivity (Wildman–Crippen MR) is 62.7 cm³/mol. The Morgan fingerprint density at radius 3 is 2.40 bits per heavy atom. The molecule has 0 spiro atoms. The molecule has 0 unspecified atom stereocenters. The molecule has 3 nitrogen and oxygen atoms in total. The summed E-state index contributed by atoms with van der Waals surface area (Å²) in [6.45, 7) is 11.4. The van der Waals surface area contributed by atoms with Crippen LogP contribution in [0.15, 0.2) is 0 Å². The smallest absolute Gasteiger partial charge is 0.223 e. The number of rotatable bonds is 5. The molecule has 1 N–H and O–H groups in total. The molecule has 1 heterocycles.